The molecule has 1 aliphatic heterocycles. The summed E-state index contributed by atoms with van der Waals surface area (Å²) in [5.41, 5.74) is 6.82. The summed E-state index contributed by atoms with van der Waals surface area (Å²) in [4.78, 5) is 27.4. The minimum Gasteiger partial charge on any atom is -0.493 e. The molecule has 1 heterocycles. The number of hydrogen-bond donors (Lipinski definition) is 2. The van der Waals surface area contributed by atoms with Gasteiger partial charge in [0.15, 0.2) is 11.5 Å². The SMILES string of the molecule is COc1cc(NC(=O)C2CCC(N)C2)c(C(=O)N2CCCC2)cc1OC.Cl. The maximum Gasteiger partial charge on any atom is 0.256 e. The number of methoxy groups -OCH3 is 2. The van der Waals surface area contributed by atoms with Gasteiger partial charge in [-0.15, -0.1) is 12.4 Å². The van der Waals surface area contributed by atoms with Gasteiger partial charge in [0.2, 0.25) is 5.91 Å². The number of ether oxygens (including phenoxy) is 2. The first-order chi connectivity index (χ1) is 12.5. The number of amides is 2. The Hall–Kier alpha value is -1.99. The van der Waals surface area contributed by atoms with Crippen LogP contribution in [0.15, 0.2) is 12.1 Å². The average molecular weight is 398 g/mol. The summed E-state index contributed by atoms with van der Waals surface area (Å²) < 4.78 is 10.7. The minimum atomic E-state index is -0.118. The summed E-state index contributed by atoms with van der Waals surface area (Å²) in [7, 11) is 3.06. The highest BCUT2D eigenvalue weighted by molar-refractivity contribution is 6.05. The summed E-state index contributed by atoms with van der Waals surface area (Å²) in [5, 5.41) is 2.93. The predicted molar refractivity (Wildman–Crippen MR) is 106 cm³/mol. The molecule has 0 bridgehead atoms. The molecular weight excluding hydrogens is 370 g/mol. The van der Waals surface area contributed by atoms with Gasteiger partial charge in [-0.05, 0) is 38.2 Å². The van der Waals surface area contributed by atoms with Crippen LogP contribution in [-0.4, -0.2) is 50.1 Å². The second kappa shape index (κ2) is 9.28. The third-order valence-corrected chi connectivity index (χ3v) is 5.25. The summed E-state index contributed by atoms with van der Waals surface area (Å²) >= 11 is 0. The highest BCUT2D eigenvalue weighted by Gasteiger charge is 2.30. The lowest BCUT2D eigenvalue weighted by Crippen LogP contribution is -2.30. The topological polar surface area (TPSA) is 93.9 Å². The van der Waals surface area contributed by atoms with E-state index in [1.54, 1.807) is 12.1 Å². The van der Waals surface area contributed by atoms with Crippen LogP contribution in [0, 0.1) is 5.92 Å². The molecule has 150 valence electrons. The van der Waals surface area contributed by atoms with E-state index in [1.807, 2.05) is 4.90 Å². The van der Waals surface area contributed by atoms with Crippen molar-refractivity contribution in [2.24, 2.45) is 11.7 Å². The van der Waals surface area contributed by atoms with E-state index in [0.29, 0.717) is 29.2 Å². The zero-order valence-electron chi connectivity index (χ0n) is 15.8. The number of benzene rings is 1. The van der Waals surface area contributed by atoms with Gasteiger partial charge in [0.25, 0.3) is 5.91 Å². The van der Waals surface area contributed by atoms with Gasteiger partial charge in [0.05, 0.1) is 25.5 Å². The molecule has 2 unspecified atom stereocenters. The van der Waals surface area contributed by atoms with Crippen LogP contribution < -0.4 is 20.5 Å². The molecule has 2 amide bonds. The number of nitrogens with two attached hydrogens (primary N) is 1. The van der Waals surface area contributed by atoms with Crippen molar-refractivity contribution in [3.8, 4) is 11.5 Å². The molecule has 27 heavy (non-hydrogen) atoms. The first-order valence-corrected chi connectivity index (χ1v) is 9.15. The molecule has 1 aromatic carbocycles. The number of likely N-dealkylation sites (tertiary alicyclic amines) is 1. The van der Waals surface area contributed by atoms with Crippen molar-refractivity contribution in [3.63, 3.8) is 0 Å². The molecule has 2 aliphatic rings. The fraction of sp³-hybridized carbons (Fsp3) is 0.579. The van der Waals surface area contributed by atoms with Gasteiger partial charge in [0.1, 0.15) is 0 Å². The van der Waals surface area contributed by atoms with E-state index in [1.165, 1.54) is 14.2 Å². The van der Waals surface area contributed by atoms with E-state index in [9.17, 15) is 9.59 Å². The molecule has 8 heteroatoms. The molecule has 1 aliphatic carbocycles. The molecular formula is C19H28ClN3O4. The Labute approximate surface area is 166 Å². The van der Waals surface area contributed by atoms with Crippen molar-refractivity contribution in [1.82, 2.24) is 4.90 Å². The van der Waals surface area contributed by atoms with E-state index in [2.05, 4.69) is 5.32 Å². The Kier molecular flexibility index (Phi) is 7.33. The quantitative estimate of drug-likeness (QED) is 0.795. The fourth-order valence-electron chi connectivity index (χ4n) is 3.74. The minimum absolute atomic E-state index is 0. The van der Waals surface area contributed by atoms with E-state index >= 15 is 0 Å². The summed E-state index contributed by atoms with van der Waals surface area (Å²) in [6, 6.07) is 3.38. The van der Waals surface area contributed by atoms with Crippen molar-refractivity contribution < 1.29 is 19.1 Å². The largest absolute Gasteiger partial charge is 0.493 e. The standard InChI is InChI=1S/C19H27N3O4.ClH/c1-25-16-10-14(19(24)22-7-3-4-8-22)15(11-17(16)26-2)21-18(23)12-5-6-13(20)9-12;/h10-13H,3-9,20H2,1-2H3,(H,21,23);1H. The van der Waals surface area contributed by atoms with Crippen LogP contribution in [-0.2, 0) is 4.79 Å². The van der Waals surface area contributed by atoms with E-state index in [0.717, 1.165) is 38.8 Å². The lowest BCUT2D eigenvalue weighted by molar-refractivity contribution is -0.119. The number of carbonyl (C=O) groups excluding carboxylic acids is 2. The molecule has 3 N–H and O–H groups in total. The zero-order chi connectivity index (χ0) is 18.7. The van der Waals surface area contributed by atoms with Crippen LogP contribution >= 0.6 is 12.4 Å². The third kappa shape index (κ3) is 4.65. The van der Waals surface area contributed by atoms with Crippen LogP contribution in [0.3, 0.4) is 0 Å². The van der Waals surface area contributed by atoms with E-state index < -0.39 is 0 Å². The number of anilines is 1. The molecule has 1 aromatic rings. The lowest BCUT2D eigenvalue weighted by Gasteiger charge is -2.21. The predicted octanol–water partition coefficient (Wildman–Crippen LogP) is 2.43. The Balaban J connectivity index is 0.00000261. The number of hydrogen-bond acceptors (Lipinski definition) is 5. The van der Waals surface area contributed by atoms with Crippen molar-refractivity contribution in [2.45, 2.75) is 38.1 Å². The van der Waals surface area contributed by atoms with Gasteiger partial charge in [-0.1, -0.05) is 0 Å². The van der Waals surface area contributed by atoms with Crippen molar-refractivity contribution >= 4 is 29.9 Å². The maximum atomic E-state index is 12.9. The highest BCUT2D eigenvalue weighted by atomic mass is 35.5. The first kappa shape index (κ1) is 21.3. The van der Waals surface area contributed by atoms with Crippen molar-refractivity contribution in [1.29, 1.82) is 0 Å². The summed E-state index contributed by atoms with van der Waals surface area (Å²) in [5.74, 6) is 0.634. The number of rotatable bonds is 5. The number of halogens is 1. The molecule has 2 atom stereocenters. The van der Waals surface area contributed by atoms with E-state index in [4.69, 9.17) is 15.2 Å². The molecule has 1 saturated carbocycles. The van der Waals surface area contributed by atoms with Crippen LogP contribution in [0.5, 0.6) is 11.5 Å². The lowest BCUT2D eigenvalue weighted by atomic mass is 10.1. The Morgan fingerprint density at radius 1 is 1.11 bits per heavy atom. The van der Waals surface area contributed by atoms with Crippen molar-refractivity contribution in [3.05, 3.63) is 17.7 Å². The third-order valence-electron chi connectivity index (χ3n) is 5.25. The average Bonchev–Trinajstić information content (AvgIpc) is 3.32. The Morgan fingerprint density at radius 2 is 1.74 bits per heavy atom. The van der Waals surface area contributed by atoms with Gasteiger partial charge >= 0.3 is 0 Å². The monoisotopic (exact) mass is 397 g/mol. The van der Waals surface area contributed by atoms with Crippen LogP contribution in [0.1, 0.15) is 42.5 Å². The smallest absolute Gasteiger partial charge is 0.256 e. The molecule has 0 radical (unpaired) electrons. The van der Waals surface area contributed by atoms with Crippen LogP contribution in [0.4, 0.5) is 5.69 Å². The second-order valence-corrected chi connectivity index (χ2v) is 7.01. The maximum absolute atomic E-state index is 12.9. The number of nitrogens with one attached hydrogen (secondary N) is 1. The van der Waals surface area contributed by atoms with Crippen LogP contribution in [0.2, 0.25) is 0 Å². The van der Waals surface area contributed by atoms with Gasteiger partial charge in [-0.3, -0.25) is 9.59 Å². The molecule has 0 aromatic heterocycles. The summed E-state index contributed by atoms with van der Waals surface area (Å²) in [6.45, 7) is 1.47. The summed E-state index contributed by atoms with van der Waals surface area (Å²) in [6.07, 6.45) is 4.30. The fourth-order valence-corrected chi connectivity index (χ4v) is 3.74. The Morgan fingerprint density at radius 3 is 2.30 bits per heavy atom. The van der Waals surface area contributed by atoms with Gasteiger partial charge in [-0.2, -0.15) is 0 Å². The van der Waals surface area contributed by atoms with Gasteiger partial charge < -0.3 is 25.4 Å². The second-order valence-electron chi connectivity index (χ2n) is 7.01. The van der Waals surface area contributed by atoms with Crippen molar-refractivity contribution in [2.75, 3.05) is 32.6 Å². The van der Waals surface area contributed by atoms with Crippen LogP contribution in [0.25, 0.3) is 0 Å². The number of carbonyl (C=O) groups is 2. The zero-order valence-corrected chi connectivity index (χ0v) is 16.6. The first-order valence-electron chi connectivity index (χ1n) is 9.15. The normalized spacial score (nSPS) is 21.5. The Bertz CT molecular complexity index is 692. The number of nitrogens with zero attached hydrogens (tertiary/aromatic N) is 1. The van der Waals surface area contributed by atoms with E-state index in [-0.39, 0.29) is 36.2 Å². The molecule has 3 rings (SSSR count). The highest BCUT2D eigenvalue weighted by Crippen LogP contribution is 2.35. The molecule has 1 saturated heterocycles. The molecule has 0 spiro atoms. The van der Waals surface area contributed by atoms with Gasteiger partial charge in [0, 0.05) is 31.1 Å². The molecule has 7 nitrogen and oxygen atoms in total. The molecule has 2 fully saturated rings. The van der Waals surface area contributed by atoms with Gasteiger partial charge in [-0.25, -0.2) is 0 Å².